The summed E-state index contributed by atoms with van der Waals surface area (Å²) < 4.78 is 8.89. The molecule has 0 aliphatic heterocycles. The Hall–Kier alpha value is -6.64. The number of furan rings is 1. The Morgan fingerprint density at radius 1 is 0.440 bits per heavy atom. The van der Waals surface area contributed by atoms with Gasteiger partial charge in [-0.2, -0.15) is 0 Å². The molecule has 0 radical (unpaired) electrons. The number of fused-ring (bicyclic) bond motifs is 7. The highest BCUT2D eigenvalue weighted by molar-refractivity contribution is 6.12. The fraction of sp³-hybridized carbons (Fsp3) is 0. The minimum Gasteiger partial charge on any atom is -0.456 e. The van der Waals surface area contributed by atoms with Crippen molar-refractivity contribution in [1.29, 1.82) is 0 Å². The van der Waals surface area contributed by atoms with Crippen LogP contribution in [0.2, 0.25) is 0 Å². The highest BCUT2D eigenvalue weighted by atomic mass is 16.3. The minimum absolute atomic E-state index is 0.888. The van der Waals surface area contributed by atoms with Crippen molar-refractivity contribution in [2.24, 2.45) is 0 Å². The number of hydrogen-bond donors (Lipinski definition) is 0. The number of hydrogen-bond acceptors (Lipinski definition) is 1. The third-order valence-corrected chi connectivity index (χ3v) is 9.99. The van der Waals surface area contributed by atoms with E-state index in [0.29, 0.717) is 0 Å². The first-order valence-corrected chi connectivity index (χ1v) is 17.1. The van der Waals surface area contributed by atoms with Gasteiger partial charge in [0.2, 0.25) is 0 Å². The second kappa shape index (κ2) is 11.5. The maximum atomic E-state index is 6.54. The molecule has 0 amide bonds. The quantitative estimate of drug-likeness (QED) is 0.172. The molecule has 0 saturated heterocycles. The molecule has 2 nitrogen and oxygen atoms in total. The number of nitrogens with zero attached hydrogens (tertiary/aromatic N) is 1. The van der Waals surface area contributed by atoms with Gasteiger partial charge in [0.15, 0.2) is 0 Å². The molecule has 50 heavy (non-hydrogen) atoms. The Morgan fingerprint density at radius 2 is 1.14 bits per heavy atom. The smallest absolute Gasteiger partial charge is 0.136 e. The molecule has 0 saturated carbocycles. The first-order chi connectivity index (χ1) is 24.8. The molecule has 2 heterocycles. The van der Waals surface area contributed by atoms with Gasteiger partial charge < -0.3 is 8.98 Å². The van der Waals surface area contributed by atoms with Crippen molar-refractivity contribution in [3.63, 3.8) is 0 Å². The highest BCUT2D eigenvalue weighted by Crippen LogP contribution is 2.39. The maximum Gasteiger partial charge on any atom is 0.136 e. The molecule has 10 rings (SSSR count). The number of benzene rings is 8. The van der Waals surface area contributed by atoms with E-state index < -0.39 is 0 Å². The predicted molar refractivity (Wildman–Crippen MR) is 211 cm³/mol. The van der Waals surface area contributed by atoms with Gasteiger partial charge in [0.25, 0.3) is 0 Å². The largest absolute Gasteiger partial charge is 0.456 e. The van der Waals surface area contributed by atoms with Gasteiger partial charge in [0.1, 0.15) is 11.2 Å². The van der Waals surface area contributed by atoms with E-state index in [4.69, 9.17) is 4.42 Å². The standard InChI is InChI=1S/C48H31NO/c1-3-12-32(13-4-1)28-42(39-20-11-15-33-14-7-8-18-38(33)39)36-24-27-47-44(30-36)41-25-22-35(31-48(41)50-47)34-23-26-46-43(29-34)40-19-9-10-21-45(40)49(46)37-16-5-2-6-17-37/h1-31H/b42-28-. The summed E-state index contributed by atoms with van der Waals surface area (Å²) in [5.74, 6) is 0. The average molecular weight is 638 g/mol. The minimum atomic E-state index is 0.888. The lowest BCUT2D eigenvalue weighted by atomic mass is 9.91. The molecular formula is C48H31NO. The lowest BCUT2D eigenvalue weighted by Gasteiger charge is -2.13. The van der Waals surface area contributed by atoms with Gasteiger partial charge in [-0.05, 0) is 105 Å². The summed E-state index contributed by atoms with van der Waals surface area (Å²) in [5.41, 5.74) is 12.4. The van der Waals surface area contributed by atoms with Crippen LogP contribution in [0, 0.1) is 0 Å². The zero-order valence-corrected chi connectivity index (χ0v) is 27.3. The molecule has 0 aliphatic rings. The summed E-state index contributed by atoms with van der Waals surface area (Å²) in [6.45, 7) is 0. The molecule has 8 aromatic carbocycles. The van der Waals surface area contributed by atoms with Gasteiger partial charge in [0, 0.05) is 27.2 Å². The van der Waals surface area contributed by atoms with Gasteiger partial charge in [-0.25, -0.2) is 0 Å². The monoisotopic (exact) mass is 637 g/mol. The summed E-state index contributed by atoms with van der Waals surface area (Å²) in [5, 5.41) is 7.18. The Labute approximate surface area is 289 Å². The lowest BCUT2D eigenvalue weighted by Crippen LogP contribution is -1.92. The van der Waals surface area contributed by atoms with Crippen LogP contribution in [0.25, 0.3) is 83.0 Å². The van der Waals surface area contributed by atoms with Crippen molar-refractivity contribution >= 4 is 66.2 Å². The molecule has 0 aliphatic carbocycles. The second-order valence-corrected chi connectivity index (χ2v) is 12.9. The van der Waals surface area contributed by atoms with Crippen LogP contribution in [0.15, 0.2) is 186 Å². The van der Waals surface area contributed by atoms with E-state index in [1.54, 1.807) is 0 Å². The summed E-state index contributed by atoms with van der Waals surface area (Å²) in [7, 11) is 0. The molecule has 2 heteroatoms. The molecule has 0 spiro atoms. The number of aromatic nitrogens is 1. The van der Waals surface area contributed by atoms with E-state index in [1.807, 2.05) is 0 Å². The Kier molecular flexibility index (Phi) is 6.53. The van der Waals surface area contributed by atoms with Crippen LogP contribution in [0.3, 0.4) is 0 Å². The predicted octanol–water partition coefficient (Wildman–Crippen LogP) is 13.1. The Balaban J connectivity index is 1.10. The van der Waals surface area contributed by atoms with Crippen LogP contribution < -0.4 is 0 Å². The van der Waals surface area contributed by atoms with Gasteiger partial charge >= 0.3 is 0 Å². The van der Waals surface area contributed by atoms with Crippen LogP contribution in [-0.4, -0.2) is 4.57 Å². The van der Waals surface area contributed by atoms with Crippen LogP contribution >= 0.6 is 0 Å². The van der Waals surface area contributed by atoms with Crippen molar-refractivity contribution in [3.8, 4) is 16.8 Å². The van der Waals surface area contributed by atoms with Crippen LogP contribution in [-0.2, 0) is 0 Å². The van der Waals surface area contributed by atoms with Crippen LogP contribution in [0.1, 0.15) is 16.7 Å². The third-order valence-electron chi connectivity index (χ3n) is 9.99. The molecule has 234 valence electrons. The molecule has 0 unspecified atom stereocenters. The lowest BCUT2D eigenvalue weighted by molar-refractivity contribution is 0.669. The molecular weight excluding hydrogens is 607 g/mol. The highest BCUT2D eigenvalue weighted by Gasteiger charge is 2.16. The Morgan fingerprint density at radius 3 is 2.02 bits per heavy atom. The van der Waals surface area contributed by atoms with Crippen molar-refractivity contribution in [2.45, 2.75) is 0 Å². The molecule has 0 atom stereocenters. The first kappa shape index (κ1) is 28.4. The average Bonchev–Trinajstić information content (AvgIpc) is 3.72. The zero-order chi connectivity index (χ0) is 33.0. The van der Waals surface area contributed by atoms with Crippen LogP contribution in [0.5, 0.6) is 0 Å². The fourth-order valence-corrected chi connectivity index (χ4v) is 7.62. The Bertz CT molecular complexity index is 2900. The molecule has 0 fully saturated rings. The summed E-state index contributed by atoms with van der Waals surface area (Å²) >= 11 is 0. The SMILES string of the molecule is C(=C(\c1ccc2oc3cc(-c4ccc5c(c4)c4ccccc4n5-c4ccccc4)ccc3c2c1)c1cccc2ccccc12)/c1ccccc1. The van der Waals surface area contributed by atoms with Crippen molar-refractivity contribution in [2.75, 3.05) is 0 Å². The summed E-state index contributed by atoms with van der Waals surface area (Å²) in [6.07, 6.45) is 2.30. The molecule has 0 N–H and O–H groups in total. The van der Waals surface area contributed by atoms with Crippen molar-refractivity contribution in [1.82, 2.24) is 4.57 Å². The van der Waals surface area contributed by atoms with Gasteiger partial charge in [0.05, 0.1) is 11.0 Å². The van der Waals surface area contributed by atoms with E-state index >= 15 is 0 Å². The molecule has 0 bridgehead atoms. The second-order valence-electron chi connectivity index (χ2n) is 12.9. The van der Waals surface area contributed by atoms with Crippen molar-refractivity contribution in [3.05, 3.63) is 199 Å². The summed E-state index contributed by atoms with van der Waals surface area (Å²) in [4.78, 5) is 0. The van der Waals surface area contributed by atoms with Gasteiger partial charge in [-0.1, -0.05) is 127 Å². The molecule has 2 aromatic heterocycles. The van der Waals surface area contributed by atoms with E-state index in [0.717, 1.165) is 38.8 Å². The fourth-order valence-electron chi connectivity index (χ4n) is 7.62. The van der Waals surface area contributed by atoms with Gasteiger partial charge in [-0.3, -0.25) is 0 Å². The number of para-hydroxylation sites is 2. The third kappa shape index (κ3) is 4.65. The normalized spacial score (nSPS) is 12.1. The summed E-state index contributed by atoms with van der Waals surface area (Å²) in [6, 6.07) is 65.1. The topological polar surface area (TPSA) is 18.1 Å². The van der Waals surface area contributed by atoms with Crippen LogP contribution in [0.4, 0.5) is 0 Å². The molecule has 10 aromatic rings. The van der Waals surface area contributed by atoms with E-state index in [1.165, 1.54) is 54.8 Å². The van der Waals surface area contributed by atoms with Crippen molar-refractivity contribution < 1.29 is 4.42 Å². The maximum absolute atomic E-state index is 6.54. The van der Waals surface area contributed by atoms with E-state index in [9.17, 15) is 0 Å². The van der Waals surface area contributed by atoms with E-state index in [-0.39, 0.29) is 0 Å². The number of rotatable bonds is 5. The van der Waals surface area contributed by atoms with Gasteiger partial charge in [-0.15, -0.1) is 0 Å². The first-order valence-electron chi connectivity index (χ1n) is 17.1. The van der Waals surface area contributed by atoms with E-state index in [2.05, 4.69) is 193 Å². The zero-order valence-electron chi connectivity index (χ0n) is 27.3.